The van der Waals surface area contributed by atoms with E-state index in [9.17, 15) is 8.42 Å². The van der Waals surface area contributed by atoms with Crippen molar-refractivity contribution in [1.29, 1.82) is 0 Å². The van der Waals surface area contributed by atoms with Crippen LogP contribution < -0.4 is 10.5 Å². The summed E-state index contributed by atoms with van der Waals surface area (Å²) in [4.78, 5) is 4.40. The Balaban J connectivity index is 2.23. The van der Waals surface area contributed by atoms with E-state index in [2.05, 4.69) is 4.98 Å². The fourth-order valence-corrected chi connectivity index (χ4v) is 4.00. The molecule has 2 aromatic carbocycles. The Bertz CT molecular complexity index is 967. The second kappa shape index (κ2) is 6.59. The van der Waals surface area contributed by atoms with Crippen LogP contribution in [0.4, 0.5) is 0 Å². The first kappa shape index (κ1) is 16.4. The number of nitrogens with two attached hydrogens (primary N) is 1. The molecule has 0 unspecified atom stereocenters. The first-order valence-electron chi connectivity index (χ1n) is 7.50. The Labute approximate surface area is 141 Å². The summed E-state index contributed by atoms with van der Waals surface area (Å²) in [5.41, 5.74) is 7.19. The van der Waals surface area contributed by atoms with Crippen LogP contribution in [0.15, 0.2) is 59.8 Å². The van der Waals surface area contributed by atoms with Gasteiger partial charge in [-0.3, -0.25) is 4.98 Å². The molecular formula is C18H18N2O3S. The molecule has 1 aromatic heterocycles. The van der Waals surface area contributed by atoms with E-state index >= 15 is 0 Å². The number of fused-ring (bicyclic) bond motifs is 1. The van der Waals surface area contributed by atoms with Gasteiger partial charge in [-0.2, -0.15) is 0 Å². The summed E-state index contributed by atoms with van der Waals surface area (Å²) in [6, 6.07) is 12.8. The SMILES string of the molecule is COc1ccc(-c2cc(S(=O)(=O)CCN)c3ccncc3c2)cc1. The molecule has 3 aromatic rings. The fourth-order valence-electron chi connectivity index (χ4n) is 2.65. The zero-order valence-electron chi connectivity index (χ0n) is 13.3. The molecular weight excluding hydrogens is 324 g/mol. The van der Waals surface area contributed by atoms with Crippen molar-refractivity contribution in [3.8, 4) is 16.9 Å². The van der Waals surface area contributed by atoms with Crippen LogP contribution >= 0.6 is 0 Å². The maximum absolute atomic E-state index is 12.6. The Morgan fingerprint density at radius 1 is 1.08 bits per heavy atom. The van der Waals surface area contributed by atoms with Gasteiger partial charge in [0.15, 0.2) is 9.84 Å². The molecule has 0 aliphatic heterocycles. The molecule has 124 valence electrons. The zero-order valence-corrected chi connectivity index (χ0v) is 14.1. The number of pyridine rings is 1. The highest BCUT2D eigenvalue weighted by Crippen LogP contribution is 2.31. The third-order valence-electron chi connectivity index (χ3n) is 3.86. The number of methoxy groups -OCH3 is 1. The van der Waals surface area contributed by atoms with Crippen LogP contribution in [0.3, 0.4) is 0 Å². The van der Waals surface area contributed by atoms with Gasteiger partial charge < -0.3 is 10.5 Å². The molecule has 6 heteroatoms. The zero-order chi connectivity index (χ0) is 17.2. The van der Waals surface area contributed by atoms with E-state index in [-0.39, 0.29) is 12.3 Å². The molecule has 0 aliphatic carbocycles. The van der Waals surface area contributed by atoms with E-state index < -0.39 is 9.84 Å². The topological polar surface area (TPSA) is 82.3 Å². The van der Waals surface area contributed by atoms with Crippen molar-refractivity contribution in [2.45, 2.75) is 4.90 Å². The minimum absolute atomic E-state index is 0.0850. The van der Waals surface area contributed by atoms with Crippen LogP contribution in [-0.2, 0) is 9.84 Å². The lowest BCUT2D eigenvalue weighted by atomic mass is 10.0. The summed E-state index contributed by atoms with van der Waals surface area (Å²) in [7, 11) is -1.85. The molecule has 1 heterocycles. The van der Waals surface area contributed by atoms with Gasteiger partial charge in [-0.05, 0) is 41.5 Å². The van der Waals surface area contributed by atoms with E-state index in [0.717, 1.165) is 22.3 Å². The van der Waals surface area contributed by atoms with Crippen molar-refractivity contribution >= 4 is 20.6 Å². The molecule has 0 fully saturated rings. The maximum atomic E-state index is 12.6. The average molecular weight is 342 g/mol. The van der Waals surface area contributed by atoms with Crippen LogP contribution in [0.2, 0.25) is 0 Å². The fraction of sp³-hybridized carbons (Fsp3) is 0.167. The molecule has 2 N–H and O–H groups in total. The molecule has 0 aliphatic rings. The number of aromatic nitrogens is 1. The van der Waals surface area contributed by atoms with Crippen molar-refractivity contribution in [1.82, 2.24) is 4.98 Å². The average Bonchev–Trinajstić information content (AvgIpc) is 2.60. The highest BCUT2D eigenvalue weighted by molar-refractivity contribution is 7.91. The number of benzene rings is 2. The van der Waals surface area contributed by atoms with Crippen molar-refractivity contribution in [2.75, 3.05) is 19.4 Å². The van der Waals surface area contributed by atoms with Gasteiger partial charge in [0.05, 0.1) is 17.8 Å². The summed E-state index contributed by atoms with van der Waals surface area (Å²) >= 11 is 0. The number of nitrogens with zero attached hydrogens (tertiary/aromatic N) is 1. The molecule has 0 saturated heterocycles. The number of hydrogen-bond acceptors (Lipinski definition) is 5. The van der Waals surface area contributed by atoms with E-state index in [4.69, 9.17) is 10.5 Å². The molecule has 0 atom stereocenters. The van der Waals surface area contributed by atoms with Crippen LogP contribution in [-0.4, -0.2) is 32.8 Å². The van der Waals surface area contributed by atoms with Crippen LogP contribution in [0.1, 0.15) is 0 Å². The monoisotopic (exact) mass is 342 g/mol. The van der Waals surface area contributed by atoms with Gasteiger partial charge in [-0.15, -0.1) is 0 Å². The minimum Gasteiger partial charge on any atom is -0.497 e. The van der Waals surface area contributed by atoms with Gasteiger partial charge >= 0.3 is 0 Å². The molecule has 0 spiro atoms. The predicted octanol–water partition coefficient (Wildman–Crippen LogP) is 2.64. The lowest BCUT2D eigenvalue weighted by Gasteiger charge is -2.11. The van der Waals surface area contributed by atoms with Gasteiger partial charge in [-0.1, -0.05) is 12.1 Å². The third kappa shape index (κ3) is 3.11. The molecule has 0 amide bonds. The van der Waals surface area contributed by atoms with E-state index in [0.29, 0.717) is 10.3 Å². The molecule has 0 radical (unpaired) electrons. The second-order valence-electron chi connectivity index (χ2n) is 5.41. The summed E-state index contributed by atoms with van der Waals surface area (Å²) in [5.74, 6) is 0.661. The number of hydrogen-bond donors (Lipinski definition) is 1. The summed E-state index contributed by atoms with van der Waals surface area (Å²) in [5, 5.41) is 1.44. The number of ether oxygens (including phenoxy) is 1. The maximum Gasteiger partial charge on any atom is 0.180 e. The smallest absolute Gasteiger partial charge is 0.180 e. The standard InChI is InChI=1S/C18H18N2O3S/c1-23-16-4-2-13(3-5-16)14-10-15-12-20-8-6-17(15)18(11-14)24(21,22)9-7-19/h2-6,8,10-12H,7,9,19H2,1H3. The minimum atomic E-state index is -3.46. The van der Waals surface area contributed by atoms with E-state index in [1.165, 1.54) is 0 Å². The first-order valence-corrected chi connectivity index (χ1v) is 9.15. The lowest BCUT2D eigenvalue weighted by Crippen LogP contribution is -2.16. The Morgan fingerprint density at radius 2 is 1.83 bits per heavy atom. The van der Waals surface area contributed by atoms with Crippen molar-refractivity contribution in [3.63, 3.8) is 0 Å². The van der Waals surface area contributed by atoms with Gasteiger partial charge in [0.2, 0.25) is 0 Å². The molecule has 3 rings (SSSR count). The van der Waals surface area contributed by atoms with Crippen LogP contribution in [0.5, 0.6) is 5.75 Å². The van der Waals surface area contributed by atoms with Crippen LogP contribution in [0, 0.1) is 0 Å². The number of rotatable bonds is 5. The second-order valence-corrected chi connectivity index (χ2v) is 7.48. The normalized spacial score (nSPS) is 11.6. The Morgan fingerprint density at radius 3 is 2.50 bits per heavy atom. The molecule has 0 bridgehead atoms. The molecule has 0 saturated carbocycles. The largest absolute Gasteiger partial charge is 0.497 e. The van der Waals surface area contributed by atoms with E-state index in [1.807, 2.05) is 30.3 Å². The van der Waals surface area contributed by atoms with Gasteiger partial charge in [0, 0.05) is 29.7 Å². The van der Waals surface area contributed by atoms with Crippen LogP contribution in [0.25, 0.3) is 21.9 Å². The first-order chi connectivity index (χ1) is 11.5. The van der Waals surface area contributed by atoms with Crippen molar-refractivity contribution < 1.29 is 13.2 Å². The van der Waals surface area contributed by atoms with Crippen molar-refractivity contribution in [3.05, 3.63) is 54.9 Å². The Kier molecular flexibility index (Phi) is 4.51. The quantitative estimate of drug-likeness (QED) is 0.771. The lowest BCUT2D eigenvalue weighted by molar-refractivity contribution is 0.415. The summed E-state index contributed by atoms with van der Waals surface area (Å²) in [6.45, 7) is 0.0850. The van der Waals surface area contributed by atoms with Gasteiger partial charge in [0.25, 0.3) is 0 Å². The molecule has 5 nitrogen and oxygen atoms in total. The molecule has 24 heavy (non-hydrogen) atoms. The Hall–Kier alpha value is -2.44. The predicted molar refractivity (Wildman–Crippen MR) is 94.8 cm³/mol. The van der Waals surface area contributed by atoms with E-state index in [1.54, 1.807) is 31.6 Å². The summed E-state index contributed by atoms with van der Waals surface area (Å²) < 4.78 is 30.4. The van der Waals surface area contributed by atoms with Gasteiger partial charge in [0.1, 0.15) is 5.75 Å². The highest BCUT2D eigenvalue weighted by atomic mass is 32.2. The van der Waals surface area contributed by atoms with Crippen molar-refractivity contribution in [2.24, 2.45) is 5.73 Å². The number of sulfone groups is 1. The summed E-state index contributed by atoms with van der Waals surface area (Å²) in [6.07, 6.45) is 3.26. The van der Waals surface area contributed by atoms with Gasteiger partial charge in [-0.25, -0.2) is 8.42 Å². The highest BCUT2D eigenvalue weighted by Gasteiger charge is 2.18. The third-order valence-corrected chi connectivity index (χ3v) is 5.64.